The number of urea groups is 1. The summed E-state index contributed by atoms with van der Waals surface area (Å²) in [5.74, 6) is 0.747. The van der Waals surface area contributed by atoms with Gasteiger partial charge in [-0.3, -0.25) is 4.68 Å². The fourth-order valence-electron chi connectivity index (χ4n) is 3.36. The SMILES string of the molecule is Cn1ncc2c1CCC[C@@H]2NC(=O)NCc1cc2ccccc2o1. The molecule has 124 valence electrons. The van der Waals surface area contributed by atoms with Gasteiger partial charge in [-0.1, -0.05) is 18.2 Å². The van der Waals surface area contributed by atoms with Gasteiger partial charge in [-0.2, -0.15) is 5.10 Å². The number of carbonyl (C=O) groups is 1. The lowest BCUT2D eigenvalue weighted by Gasteiger charge is -2.23. The molecule has 0 bridgehead atoms. The summed E-state index contributed by atoms with van der Waals surface area (Å²) in [4.78, 5) is 12.2. The Balaban J connectivity index is 1.39. The first-order valence-corrected chi connectivity index (χ1v) is 8.23. The molecule has 0 unspecified atom stereocenters. The van der Waals surface area contributed by atoms with E-state index in [2.05, 4.69) is 15.7 Å². The van der Waals surface area contributed by atoms with Gasteiger partial charge in [0.1, 0.15) is 11.3 Å². The maximum absolute atomic E-state index is 12.2. The molecule has 1 aliphatic rings. The second kappa shape index (κ2) is 6.03. The first-order chi connectivity index (χ1) is 11.7. The highest BCUT2D eigenvalue weighted by atomic mass is 16.3. The quantitative estimate of drug-likeness (QED) is 0.778. The molecule has 0 aliphatic heterocycles. The summed E-state index contributed by atoms with van der Waals surface area (Å²) >= 11 is 0. The Labute approximate surface area is 139 Å². The summed E-state index contributed by atoms with van der Waals surface area (Å²) in [6.07, 6.45) is 4.88. The van der Waals surface area contributed by atoms with Crippen molar-refractivity contribution in [3.63, 3.8) is 0 Å². The van der Waals surface area contributed by atoms with Gasteiger partial charge in [-0.15, -0.1) is 0 Å². The number of carbonyl (C=O) groups excluding carboxylic acids is 1. The van der Waals surface area contributed by atoms with Crippen LogP contribution in [0.1, 0.15) is 35.9 Å². The Morgan fingerprint density at radius 3 is 3.17 bits per heavy atom. The summed E-state index contributed by atoms with van der Waals surface area (Å²) < 4.78 is 7.61. The van der Waals surface area contributed by atoms with Crippen LogP contribution in [0.15, 0.2) is 40.9 Å². The second-order valence-electron chi connectivity index (χ2n) is 6.19. The van der Waals surface area contributed by atoms with E-state index in [9.17, 15) is 4.79 Å². The van der Waals surface area contributed by atoms with Crippen molar-refractivity contribution in [1.29, 1.82) is 0 Å². The van der Waals surface area contributed by atoms with Gasteiger partial charge in [-0.05, 0) is 31.4 Å². The zero-order valence-corrected chi connectivity index (χ0v) is 13.6. The molecule has 0 fully saturated rings. The molecule has 2 N–H and O–H groups in total. The first-order valence-electron chi connectivity index (χ1n) is 8.23. The van der Waals surface area contributed by atoms with Crippen LogP contribution in [0.25, 0.3) is 11.0 Å². The highest BCUT2D eigenvalue weighted by molar-refractivity contribution is 5.78. The maximum Gasteiger partial charge on any atom is 0.315 e. The van der Waals surface area contributed by atoms with Crippen LogP contribution in [0, 0.1) is 0 Å². The fraction of sp³-hybridized carbons (Fsp3) is 0.333. The monoisotopic (exact) mass is 324 g/mol. The van der Waals surface area contributed by atoms with Gasteiger partial charge in [-0.25, -0.2) is 4.79 Å². The Kier molecular flexibility index (Phi) is 3.72. The van der Waals surface area contributed by atoms with Crippen molar-refractivity contribution < 1.29 is 9.21 Å². The van der Waals surface area contributed by atoms with Crippen LogP contribution in [-0.2, 0) is 20.0 Å². The van der Waals surface area contributed by atoms with E-state index in [0.29, 0.717) is 6.54 Å². The molecule has 6 heteroatoms. The molecule has 1 aliphatic carbocycles. The van der Waals surface area contributed by atoms with Gasteiger partial charge < -0.3 is 15.1 Å². The molecule has 2 heterocycles. The van der Waals surface area contributed by atoms with Crippen LogP contribution < -0.4 is 10.6 Å². The second-order valence-corrected chi connectivity index (χ2v) is 6.19. The molecule has 4 rings (SSSR count). The molecule has 1 atom stereocenters. The minimum atomic E-state index is -0.183. The highest BCUT2D eigenvalue weighted by Crippen LogP contribution is 2.29. The predicted octanol–water partition coefficient (Wildman–Crippen LogP) is 3.04. The lowest BCUT2D eigenvalue weighted by atomic mass is 9.93. The number of aryl methyl sites for hydroxylation is 1. The number of para-hydroxylation sites is 1. The van der Waals surface area contributed by atoms with Crippen molar-refractivity contribution >= 4 is 17.0 Å². The number of hydrogen-bond acceptors (Lipinski definition) is 3. The Bertz CT molecular complexity index is 847. The lowest BCUT2D eigenvalue weighted by Crippen LogP contribution is -2.38. The average molecular weight is 324 g/mol. The molecule has 3 aromatic rings. The minimum absolute atomic E-state index is 0.0260. The van der Waals surface area contributed by atoms with Crippen molar-refractivity contribution in [2.45, 2.75) is 31.8 Å². The van der Waals surface area contributed by atoms with Crippen LogP contribution in [0.3, 0.4) is 0 Å². The van der Waals surface area contributed by atoms with Gasteiger partial charge in [0.15, 0.2) is 0 Å². The summed E-state index contributed by atoms with van der Waals surface area (Å²) in [5, 5.41) is 11.3. The Hall–Kier alpha value is -2.76. The van der Waals surface area contributed by atoms with Crippen molar-refractivity contribution in [2.24, 2.45) is 7.05 Å². The summed E-state index contributed by atoms with van der Waals surface area (Å²) in [6.45, 7) is 0.368. The normalized spacial score (nSPS) is 16.8. The maximum atomic E-state index is 12.2. The third-order valence-corrected chi connectivity index (χ3v) is 4.58. The van der Waals surface area contributed by atoms with Crippen molar-refractivity contribution in [3.8, 4) is 0 Å². The number of hydrogen-bond donors (Lipinski definition) is 2. The van der Waals surface area contributed by atoms with E-state index in [1.807, 2.05) is 48.3 Å². The largest absolute Gasteiger partial charge is 0.459 e. The standard InChI is InChI=1S/C18H20N4O2/c1-22-16-7-4-6-15(14(16)11-20-22)21-18(23)19-10-13-9-12-5-2-3-8-17(12)24-13/h2-3,5,8-9,11,15H,4,6-7,10H2,1H3,(H2,19,21,23)/t15-/m0/s1. The van der Waals surface area contributed by atoms with E-state index < -0.39 is 0 Å². The van der Waals surface area contributed by atoms with E-state index in [0.717, 1.165) is 41.6 Å². The number of fused-ring (bicyclic) bond motifs is 2. The van der Waals surface area contributed by atoms with Crippen LogP contribution in [0.4, 0.5) is 4.79 Å². The number of nitrogens with one attached hydrogen (secondary N) is 2. The topological polar surface area (TPSA) is 72.1 Å². The van der Waals surface area contributed by atoms with Crippen LogP contribution >= 0.6 is 0 Å². The van der Waals surface area contributed by atoms with E-state index in [1.54, 1.807) is 0 Å². The Morgan fingerprint density at radius 1 is 1.42 bits per heavy atom. The number of aromatic nitrogens is 2. The zero-order valence-electron chi connectivity index (χ0n) is 13.6. The molecule has 1 aromatic carbocycles. The van der Waals surface area contributed by atoms with Gasteiger partial charge in [0, 0.05) is 23.7 Å². The number of furan rings is 1. The molecule has 2 amide bonds. The molecule has 0 saturated heterocycles. The third kappa shape index (κ3) is 2.75. The minimum Gasteiger partial charge on any atom is -0.459 e. The molecule has 6 nitrogen and oxygen atoms in total. The Morgan fingerprint density at radius 2 is 2.29 bits per heavy atom. The fourth-order valence-corrected chi connectivity index (χ4v) is 3.36. The predicted molar refractivity (Wildman–Crippen MR) is 90.5 cm³/mol. The molecule has 2 aromatic heterocycles. The third-order valence-electron chi connectivity index (χ3n) is 4.58. The lowest BCUT2D eigenvalue weighted by molar-refractivity contribution is 0.234. The van der Waals surface area contributed by atoms with Gasteiger partial charge in [0.25, 0.3) is 0 Å². The number of rotatable bonds is 3. The van der Waals surface area contributed by atoms with E-state index >= 15 is 0 Å². The van der Waals surface area contributed by atoms with Crippen LogP contribution in [0.2, 0.25) is 0 Å². The molecule has 24 heavy (non-hydrogen) atoms. The van der Waals surface area contributed by atoms with Gasteiger partial charge in [0.2, 0.25) is 0 Å². The molecule has 0 radical (unpaired) electrons. The smallest absolute Gasteiger partial charge is 0.315 e. The first kappa shape index (κ1) is 14.8. The van der Waals surface area contributed by atoms with Gasteiger partial charge >= 0.3 is 6.03 Å². The van der Waals surface area contributed by atoms with E-state index in [-0.39, 0.29) is 12.1 Å². The van der Waals surface area contributed by atoms with Crippen LogP contribution in [0.5, 0.6) is 0 Å². The number of amides is 2. The molecular weight excluding hydrogens is 304 g/mol. The van der Waals surface area contributed by atoms with Crippen LogP contribution in [-0.4, -0.2) is 15.8 Å². The molecule has 0 saturated carbocycles. The molecular formula is C18H20N4O2. The highest BCUT2D eigenvalue weighted by Gasteiger charge is 2.24. The summed E-state index contributed by atoms with van der Waals surface area (Å²) in [5.41, 5.74) is 3.17. The van der Waals surface area contributed by atoms with Crippen molar-refractivity contribution in [3.05, 3.63) is 53.5 Å². The van der Waals surface area contributed by atoms with Gasteiger partial charge in [0.05, 0.1) is 18.8 Å². The summed E-state index contributed by atoms with van der Waals surface area (Å²) in [6, 6.07) is 9.62. The number of benzene rings is 1. The van der Waals surface area contributed by atoms with Crippen molar-refractivity contribution in [1.82, 2.24) is 20.4 Å². The van der Waals surface area contributed by atoms with Crippen molar-refractivity contribution in [2.75, 3.05) is 0 Å². The molecule has 0 spiro atoms. The zero-order chi connectivity index (χ0) is 16.5. The van der Waals surface area contributed by atoms with E-state index in [1.165, 1.54) is 5.69 Å². The summed E-state index contributed by atoms with van der Waals surface area (Å²) in [7, 11) is 1.95. The van der Waals surface area contributed by atoms with E-state index in [4.69, 9.17) is 4.42 Å². The average Bonchev–Trinajstić information content (AvgIpc) is 3.17. The number of nitrogens with zero attached hydrogens (tertiary/aromatic N) is 2.